The molecule has 0 radical (unpaired) electrons. The summed E-state index contributed by atoms with van der Waals surface area (Å²) in [6.07, 6.45) is 2.95. The highest BCUT2D eigenvalue weighted by molar-refractivity contribution is 7.12. The van der Waals surface area contributed by atoms with Crippen molar-refractivity contribution in [2.24, 2.45) is 0 Å². The number of H-pyrrole nitrogens is 1. The molecule has 0 bridgehead atoms. The number of aromatic nitrogens is 1. The lowest BCUT2D eigenvalue weighted by atomic mass is 10.2. The summed E-state index contributed by atoms with van der Waals surface area (Å²) in [4.78, 5) is 41.4. The number of nitrogens with one attached hydrogen (secondary N) is 1. The number of carbonyl (C=O) groups is 3. The Labute approximate surface area is 137 Å². The number of thiophene rings is 1. The summed E-state index contributed by atoms with van der Waals surface area (Å²) in [7, 11) is 0. The molecule has 3 rings (SSSR count). The minimum absolute atomic E-state index is 0.157. The van der Waals surface area contributed by atoms with Crippen LogP contribution in [-0.2, 0) is 9.53 Å². The van der Waals surface area contributed by atoms with E-state index >= 15 is 0 Å². The summed E-state index contributed by atoms with van der Waals surface area (Å²) in [6.45, 7) is 0.206. The summed E-state index contributed by atoms with van der Waals surface area (Å²) in [5, 5.41) is 1.83. The van der Waals surface area contributed by atoms with E-state index in [1.807, 2.05) is 5.38 Å². The smallest absolute Gasteiger partial charge is 0.329 e. The number of likely N-dealkylation sites (tertiary alicyclic amines) is 1. The minimum atomic E-state index is -0.610. The van der Waals surface area contributed by atoms with Gasteiger partial charge in [0.2, 0.25) is 5.78 Å². The number of carbonyl (C=O) groups excluding carboxylic acids is 3. The Morgan fingerprint density at radius 3 is 2.87 bits per heavy atom. The van der Waals surface area contributed by atoms with Crippen molar-refractivity contribution in [1.82, 2.24) is 9.88 Å². The van der Waals surface area contributed by atoms with Crippen LogP contribution in [0.4, 0.5) is 0 Å². The summed E-state index contributed by atoms with van der Waals surface area (Å²) >= 11 is 1.35. The Morgan fingerprint density at radius 2 is 2.17 bits per heavy atom. The normalized spacial score (nSPS) is 17.2. The Bertz CT molecular complexity index is 694. The van der Waals surface area contributed by atoms with Crippen LogP contribution in [0.15, 0.2) is 35.8 Å². The zero-order valence-electron chi connectivity index (χ0n) is 12.4. The zero-order chi connectivity index (χ0) is 16.2. The van der Waals surface area contributed by atoms with Gasteiger partial charge in [-0.25, -0.2) is 4.79 Å². The molecule has 1 unspecified atom stereocenters. The lowest BCUT2D eigenvalue weighted by Crippen LogP contribution is -2.41. The molecule has 1 atom stereocenters. The standard InChI is InChI=1S/C16H16N2O4S/c19-13(11-4-1-7-17-11)10-22-16(21)12-5-2-8-18(12)15(20)14-6-3-9-23-14/h1,3-4,6-7,9,12,17H,2,5,8,10H2. The fourth-order valence-electron chi connectivity index (χ4n) is 2.61. The van der Waals surface area contributed by atoms with Gasteiger partial charge in [-0.1, -0.05) is 6.07 Å². The quantitative estimate of drug-likeness (QED) is 0.672. The van der Waals surface area contributed by atoms with Gasteiger partial charge in [-0.2, -0.15) is 0 Å². The summed E-state index contributed by atoms with van der Waals surface area (Å²) in [5.41, 5.74) is 0.399. The third-order valence-corrected chi connectivity index (χ3v) is 4.62. The third-order valence-electron chi connectivity index (χ3n) is 3.76. The number of ketones is 1. The van der Waals surface area contributed by atoms with Crippen molar-refractivity contribution in [3.63, 3.8) is 0 Å². The van der Waals surface area contributed by atoms with Gasteiger partial charge < -0.3 is 14.6 Å². The molecule has 7 heteroatoms. The fraction of sp³-hybridized carbons (Fsp3) is 0.312. The van der Waals surface area contributed by atoms with Gasteiger partial charge >= 0.3 is 5.97 Å². The second-order valence-corrected chi connectivity index (χ2v) is 6.20. The second kappa shape index (κ2) is 6.78. The number of nitrogens with zero attached hydrogens (tertiary/aromatic N) is 1. The highest BCUT2D eigenvalue weighted by Gasteiger charge is 2.36. The van der Waals surface area contributed by atoms with E-state index in [-0.39, 0.29) is 18.3 Å². The predicted molar refractivity (Wildman–Crippen MR) is 84.5 cm³/mol. The van der Waals surface area contributed by atoms with Crippen molar-refractivity contribution in [2.75, 3.05) is 13.2 Å². The van der Waals surface area contributed by atoms with E-state index in [1.54, 1.807) is 30.5 Å². The monoisotopic (exact) mass is 332 g/mol. The van der Waals surface area contributed by atoms with Crippen LogP contribution >= 0.6 is 11.3 Å². The molecule has 1 saturated heterocycles. The molecular formula is C16H16N2O4S. The number of hydrogen-bond donors (Lipinski definition) is 1. The number of esters is 1. The second-order valence-electron chi connectivity index (χ2n) is 5.25. The number of amides is 1. The minimum Gasteiger partial charge on any atom is -0.456 e. The van der Waals surface area contributed by atoms with Crippen molar-refractivity contribution < 1.29 is 19.1 Å². The predicted octanol–water partition coefficient (Wildman–Crippen LogP) is 2.11. The molecule has 1 aliphatic rings. The number of ether oxygens (including phenoxy) is 1. The number of hydrogen-bond acceptors (Lipinski definition) is 5. The van der Waals surface area contributed by atoms with Crippen LogP contribution in [0.3, 0.4) is 0 Å². The van der Waals surface area contributed by atoms with Crippen LogP contribution in [0.2, 0.25) is 0 Å². The van der Waals surface area contributed by atoms with Crippen LogP contribution in [0.5, 0.6) is 0 Å². The molecule has 1 aliphatic heterocycles. The van der Waals surface area contributed by atoms with Gasteiger partial charge in [0.1, 0.15) is 6.04 Å². The van der Waals surface area contributed by atoms with Gasteiger partial charge in [0.25, 0.3) is 5.91 Å². The number of Topliss-reactive ketones (excluding diaryl/α,β-unsaturated/α-hetero) is 1. The number of rotatable bonds is 5. The molecule has 1 fully saturated rings. The molecule has 6 nitrogen and oxygen atoms in total. The van der Waals surface area contributed by atoms with Crippen molar-refractivity contribution in [3.8, 4) is 0 Å². The molecule has 1 N–H and O–H groups in total. The van der Waals surface area contributed by atoms with Gasteiger partial charge in [-0.3, -0.25) is 9.59 Å². The van der Waals surface area contributed by atoms with E-state index in [0.717, 1.165) is 6.42 Å². The third kappa shape index (κ3) is 3.34. The maximum atomic E-state index is 12.4. The Kier molecular flexibility index (Phi) is 4.57. The van der Waals surface area contributed by atoms with Gasteiger partial charge in [-0.05, 0) is 36.4 Å². The van der Waals surface area contributed by atoms with E-state index in [2.05, 4.69) is 4.98 Å². The average molecular weight is 332 g/mol. The summed E-state index contributed by atoms with van der Waals surface area (Å²) < 4.78 is 5.11. The van der Waals surface area contributed by atoms with E-state index in [1.165, 1.54) is 16.2 Å². The Morgan fingerprint density at radius 1 is 1.30 bits per heavy atom. The van der Waals surface area contributed by atoms with Gasteiger partial charge in [0.15, 0.2) is 6.61 Å². The molecule has 120 valence electrons. The van der Waals surface area contributed by atoms with E-state index in [4.69, 9.17) is 4.74 Å². The van der Waals surface area contributed by atoms with E-state index in [9.17, 15) is 14.4 Å². The van der Waals surface area contributed by atoms with Crippen LogP contribution in [-0.4, -0.2) is 46.7 Å². The first-order valence-corrected chi connectivity index (χ1v) is 8.22. The molecule has 2 aromatic heterocycles. The van der Waals surface area contributed by atoms with Crippen molar-refractivity contribution >= 4 is 29.0 Å². The first kappa shape index (κ1) is 15.5. The number of aromatic amines is 1. The molecular weight excluding hydrogens is 316 g/mol. The van der Waals surface area contributed by atoms with Crippen LogP contribution in [0, 0.1) is 0 Å². The molecule has 0 spiro atoms. The highest BCUT2D eigenvalue weighted by Crippen LogP contribution is 2.23. The molecule has 3 heterocycles. The maximum absolute atomic E-state index is 12.4. The Hall–Kier alpha value is -2.41. The van der Waals surface area contributed by atoms with Crippen molar-refractivity contribution in [3.05, 3.63) is 46.4 Å². The van der Waals surface area contributed by atoms with E-state index in [0.29, 0.717) is 23.5 Å². The molecule has 1 amide bonds. The zero-order valence-corrected chi connectivity index (χ0v) is 13.2. The summed E-state index contributed by atoms with van der Waals surface area (Å²) in [5.74, 6) is -0.972. The molecule has 0 aliphatic carbocycles. The van der Waals surface area contributed by atoms with Gasteiger partial charge in [0.05, 0.1) is 10.6 Å². The highest BCUT2D eigenvalue weighted by atomic mass is 32.1. The SMILES string of the molecule is O=C(COC(=O)C1CCCN1C(=O)c1cccs1)c1ccc[nH]1. The average Bonchev–Trinajstić information content (AvgIpc) is 3.33. The lowest BCUT2D eigenvalue weighted by molar-refractivity contribution is -0.147. The van der Waals surface area contributed by atoms with E-state index < -0.39 is 12.0 Å². The van der Waals surface area contributed by atoms with Crippen molar-refractivity contribution in [1.29, 1.82) is 0 Å². The summed E-state index contributed by atoms with van der Waals surface area (Å²) in [6, 6.07) is 6.26. The van der Waals surface area contributed by atoms with Crippen LogP contribution < -0.4 is 0 Å². The fourth-order valence-corrected chi connectivity index (χ4v) is 3.29. The first-order valence-electron chi connectivity index (χ1n) is 7.34. The first-order chi connectivity index (χ1) is 11.2. The molecule has 23 heavy (non-hydrogen) atoms. The molecule has 0 aromatic carbocycles. The van der Waals surface area contributed by atoms with Crippen molar-refractivity contribution in [2.45, 2.75) is 18.9 Å². The van der Waals surface area contributed by atoms with Gasteiger partial charge in [0, 0.05) is 12.7 Å². The van der Waals surface area contributed by atoms with Crippen LogP contribution in [0.1, 0.15) is 33.0 Å². The molecule has 2 aromatic rings. The molecule has 0 saturated carbocycles. The van der Waals surface area contributed by atoms with Crippen LogP contribution in [0.25, 0.3) is 0 Å². The largest absolute Gasteiger partial charge is 0.456 e. The maximum Gasteiger partial charge on any atom is 0.329 e. The lowest BCUT2D eigenvalue weighted by Gasteiger charge is -2.22. The Balaban J connectivity index is 1.60. The van der Waals surface area contributed by atoms with Gasteiger partial charge in [-0.15, -0.1) is 11.3 Å². The topological polar surface area (TPSA) is 79.5 Å².